The minimum Gasteiger partial charge on any atom is -0.336 e. The normalized spacial score (nSPS) is 16.1. The lowest BCUT2D eigenvalue weighted by molar-refractivity contribution is -0.137. The topological polar surface area (TPSA) is 57.7 Å². The third kappa shape index (κ3) is 4.45. The first-order valence-corrected chi connectivity index (χ1v) is 10.5. The Labute approximate surface area is 167 Å². The number of hydrogen-bond acceptors (Lipinski definition) is 3. The van der Waals surface area contributed by atoms with Crippen molar-refractivity contribution >= 4 is 15.9 Å². The van der Waals surface area contributed by atoms with Crippen molar-refractivity contribution in [2.45, 2.75) is 24.9 Å². The lowest BCUT2D eigenvalue weighted by Crippen LogP contribution is -2.50. The Morgan fingerprint density at radius 3 is 2.00 bits per heavy atom. The molecule has 2 aromatic rings. The molecule has 2 aromatic carbocycles. The maximum Gasteiger partial charge on any atom is 0.416 e. The molecule has 156 valence electrons. The average Bonchev–Trinajstić information content (AvgIpc) is 2.69. The number of sulfonamides is 1. The first-order valence-electron chi connectivity index (χ1n) is 9.04. The Bertz CT molecular complexity index is 1010. The Balaban J connectivity index is 1.69. The summed E-state index contributed by atoms with van der Waals surface area (Å²) in [7, 11) is -3.92. The van der Waals surface area contributed by atoms with Gasteiger partial charge >= 0.3 is 6.18 Å². The summed E-state index contributed by atoms with van der Waals surface area (Å²) in [6.45, 7) is 4.46. The van der Waals surface area contributed by atoms with E-state index in [4.69, 9.17) is 0 Å². The predicted octanol–water partition coefficient (Wildman–Crippen LogP) is 3.47. The second kappa shape index (κ2) is 7.79. The summed E-state index contributed by atoms with van der Waals surface area (Å²) in [6.07, 6.45) is -4.53. The van der Waals surface area contributed by atoms with Gasteiger partial charge in [0, 0.05) is 31.7 Å². The Hall–Kier alpha value is -2.39. The number of halogens is 3. The number of piperazine rings is 1. The van der Waals surface area contributed by atoms with E-state index in [0.29, 0.717) is 5.56 Å². The van der Waals surface area contributed by atoms with Gasteiger partial charge in [0.1, 0.15) is 0 Å². The molecule has 1 aliphatic heterocycles. The minimum absolute atomic E-state index is 0.0833. The third-order valence-electron chi connectivity index (χ3n) is 5.10. The van der Waals surface area contributed by atoms with E-state index < -0.39 is 21.8 Å². The van der Waals surface area contributed by atoms with Crippen LogP contribution in [0.15, 0.2) is 47.4 Å². The lowest BCUT2D eigenvalue weighted by Gasteiger charge is -2.34. The summed E-state index contributed by atoms with van der Waals surface area (Å²) in [5.74, 6) is -0.167. The van der Waals surface area contributed by atoms with Crippen LogP contribution in [0.3, 0.4) is 0 Å². The molecule has 0 saturated carbocycles. The molecule has 1 fully saturated rings. The van der Waals surface area contributed by atoms with Crippen LogP contribution in [-0.4, -0.2) is 49.7 Å². The zero-order chi connectivity index (χ0) is 21.4. The second-order valence-corrected chi connectivity index (χ2v) is 8.96. The molecule has 1 saturated heterocycles. The van der Waals surface area contributed by atoms with Gasteiger partial charge in [-0.1, -0.05) is 6.07 Å². The largest absolute Gasteiger partial charge is 0.416 e. The average molecular weight is 426 g/mol. The van der Waals surface area contributed by atoms with E-state index in [2.05, 4.69) is 0 Å². The number of rotatable bonds is 3. The Kier molecular flexibility index (Phi) is 5.73. The molecule has 0 spiro atoms. The van der Waals surface area contributed by atoms with Gasteiger partial charge in [-0.2, -0.15) is 17.5 Å². The van der Waals surface area contributed by atoms with Crippen LogP contribution in [-0.2, 0) is 16.2 Å². The van der Waals surface area contributed by atoms with Crippen LogP contribution in [0.25, 0.3) is 0 Å². The van der Waals surface area contributed by atoms with Gasteiger partial charge < -0.3 is 4.90 Å². The standard InChI is InChI=1S/C20H21F3N2O3S/c1-14-3-4-16(13-15(14)2)19(26)24-9-11-25(12-10-24)29(27,28)18-7-5-17(6-8-18)20(21,22)23/h3-8,13H,9-12H2,1-2H3. The summed E-state index contributed by atoms with van der Waals surface area (Å²) in [4.78, 5) is 14.1. The highest BCUT2D eigenvalue weighted by Crippen LogP contribution is 2.30. The summed E-state index contributed by atoms with van der Waals surface area (Å²) >= 11 is 0. The number of carbonyl (C=O) groups excluding carboxylic acids is 1. The highest BCUT2D eigenvalue weighted by molar-refractivity contribution is 7.89. The molecule has 0 unspecified atom stereocenters. The van der Waals surface area contributed by atoms with Gasteiger partial charge in [0.15, 0.2) is 0 Å². The number of alkyl halides is 3. The van der Waals surface area contributed by atoms with E-state index in [1.807, 2.05) is 26.0 Å². The fourth-order valence-electron chi connectivity index (χ4n) is 3.15. The molecule has 0 bridgehead atoms. The summed E-state index contributed by atoms with van der Waals surface area (Å²) < 4.78 is 64.7. The smallest absolute Gasteiger partial charge is 0.336 e. The minimum atomic E-state index is -4.53. The van der Waals surface area contributed by atoms with Crippen LogP contribution in [0, 0.1) is 13.8 Å². The predicted molar refractivity (Wildman–Crippen MR) is 102 cm³/mol. The van der Waals surface area contributed by atoms with Crippen LogP contribution >= 0.6 is 0 Å². The number of hydrogen-bond donors (Lipinski definition) is 0. The van der Waals surface area contributed by atoms with E-state index in [1.54, 1.807) is 11.0 Å². The highest BCUT2D eigenvalue weighted by atomic mass is 32.2. The van der Waals surface area contributed by atoms with Crippen molar-refractivity contribution in [3.8, 4) is 0 Å². The molecule has 0 aliphatic carbocycles. The molecule has 1 heterocycles. The third-order valence-corrected chi connectivity index (χ3v) is 7.01. The molecular formula is C20H21F3N2O3S. The Morgan fingerprint density at radius 1 is 0.897 bits per heavy atom. The summed E-state index contributed by atoms with van der Waals surface area (Å²) in [5.41, 5.74) is 1.72. The van der Waals surface area contributed by atoms with Crippen molar-refractivity contribution in [2.24, 2.45) is 0 Å². The van der Waals surface area contributed by atoms with Gasteiger partial charge in [-0.05, 0) is 61.4 Å². The number of carbonyl (C=O) groups is 1. The number of nitrogens with zero attached hydrogens (tertiary/aromatic N) is 2. The van der Waals surface area contributed by atoms with Crippen LogP contribution in [0.1, 0.15) is 27.0 Å². The first kappa shape index (κ1) is 21.3. The number of aryl methyl sites for hydroxylation is 2. The molecule has 0 radical (unpaired) electrons. The molecule has 9 heteroatoms. The van der Waals surface area contributed by atoms with Gasteiger partial charge in [0.05, 0.1) is 10.5 Å². The molecule has 0 N–H and O–H groups in total. The van der Waals surface area contributed by atoms with Crippen LogP contribution in [0.5, 0.6) is 0 Å². The number of benzene rings is 2. The van der Waals surface area contributed by atoms with Gasteiger partial charge in [-0.3, -0.25) is 4.79 Å². The fourth-order valence-corrected chi connectivity index (χ4v) is 4.58. The van der Waals surface area contributed by atoms with Crippen molar-refractivity contribution in [3.05, 3.63) is 64.7 Å². The SMILES string of the molecule is Cc1ccc(C(=O)N2CCN(S(=O)(=O)c3ccc(C(F)(F)F)cc3)CC2)cc1C. The van der Waals surface area contributed by atoms with Crippen molar-refractivity contribution in [1.82, 2.24) is 9.21 Å². The fraction of sp³-hybridized carbons (Fsp3) is 0.350. The molecule has 1 aliphatic rings. The van der Waals surface area contributed by atoms with Crippen molar-refractivity contribution in [3.63, 3.8) is 0 Å². The van der Waals surface area contributed by atoms with E-state index in [1.165, 1.54) is 4.31 Å². The highest BCUT2D eigenvalue weighted by Gasteiger charge is 2.33. The molecule has 29 heavy (non-hydrogen) atoms. The zero-order valence-corrected chi connectivity index (χ0v) is 16.8. The molecule has 0 atom stereocenters. The number of amides is 1. The van der Waals surface area contributed by atoms with E-state index in [0.717, 1.165) is 35.4 Å². The van der Waals surface area contributed by atoms with Crippen LogP contribution < -0.4 is 0 Å². The van der Waals surface area contributed by atoms with Gasteiger partial charge in [0.25, 0.3) is 5.91 Å². The van der Waals surface area contributed by atoms with Crippen molar-refractivity contribution in [2.75, 3.05) is 26.2 Å². The van der Waals surface area contributed by atoms with Crippen molar-refractivity contribution < 1.29 is 26.4 Å². The molecule has 5 nitrogen and oxygen atoms in total. The van der Waals surface area contributed by atoms with Crippen molar-refractivity contribution in [1.29, 1.82) is 0 Å². The summed E-state index contributed by atoms with van der Waals surface area (Å²) in [5, 5.41) is 0. The quantitative estimate of drug-likeness (QED) is 0.755. The van der Waals surface area contributed by atoms with Gasteiger partial charge in [0.2, 0.25) is 10.0 Å². The van der Waals surface area contributed by atoms with Gasteiger partial charge in [-0.15, -0.1) is 0 Å². The van der Waals surface area contributed by atoms with Crippen LogP contribution in [0.4, 0.5) is 13.2 Å². The van der Waals surface area contributed by atoms with Gasteiger partial charge in [-0.25, -0.2) is 8.42 Å². The maximum atomic E-state index is 12.7. The van der Waals surface area contributed by atoms with E-state index in [-0.39, 0.29) is 37.0 Å². The molecule has 3 rings (SSSR count). The first-order chi connectivity index (χ1) is 13.5. The lowest BCUT2D eigenvalue weighted by atomic mass is 10.1. The second-order valence-electron chi connectivity index (χ2n) is 7.02. The summed E-state index contributed by atoms with van der Waals surface area (Å²) in [6, 6.07) is 8.86. The van der Waals surface area contributed by atoms with E-state index >= 15 is 0 Å². The van der Waals surface area contributed by atoms with Crippen LogP contribution in [0.2, 0.25) is 0 Å². The monoisotopic (exact) mass is 426 g/mol. The van der Waals surface area contributed by atoms with E-state index in [9.17, 15) is 26.4 Å². The molecule has 0 aromatic heterocycles. The zero-order valence-electron chi connectivity index (χ0n) is 16.0. The maximum absolute atomic E-state index is 12.7. The Morgan fingerprint density at radius 2 is 1.48 bits per heavy atom. The molecular weight excluding hydrogens is 405 g/mol. The molecule has 1 amide bonds.